The first kappa shape index (κ1) is 35.8. The van der Waals surface area contributed by atoms with Crippen molar-refractivity contribution in [2.75, 3.05) is 16.0 Å². The number of nitrogens with one attached hydrogen (secondary N) is 2. The van der Waals surface area contributed by atoms with Gasteiger partial charge in [-0.3, -0.25) is 14.4 Å². The number of hydrogen-bond donors (Lipinski definition) is 3. The van der Waals surface area contributed by atoms with Gasteiger partial charge in [-0.2, -0.15) is 0 Å². The molecule has 2 saturated heterocycles. The van der Waals surface area contributed by atoms with E-state index < -0.39 is 30.2 Å². The van der Waals surface area contributed by atoms with E-state index in [1.165, 1.54) is 6.92 Å². The number of anilines is 2. The standard InChI is InChI=1S/C39H39N3O8S/c1-24-34(23-51-32-17-15-30(16-18-32)40-25(2)44)49-38(50-36(24)28-13-11-26(21-43)12-14-28)29-9-6-10-31(19-29)42-35(45)20-33(37(42)46)41-39(47)48-22-27-7-4-3-5-8-27/h3-19,24,33-34,36,38,43H,20-23H2,1-2H3,(H,40,44)(H,41,47)/t24-,33?,34+,36+,38+/m0/s1. The summed E-state index contributed by atoms with van der Waals surface area (Å²) in [6.45, 7) is 3.50. The van der Waals surface area contributed by atoms with Gasteiger partial charge in [0.15, 0.2) is 6.29 Å². The average Bonchev–Trinajstić information content (AvgIpc) is 3.42. The number of rotatable bonds is 11. The van der Waals surface area contributed by atoms with Crippen LogP contribution in [0, 0.1) is 5.92 Å². The van der Waals surface area contributed by atoms with E-state index in [1.807, 2.05) is 84.9 Å². The summed E-state index contributed by atoms with van der Waals surface area (Å²) in [5, 5.41) is 14.9. The number of alkyl carbamates (subject to hydrolysis) is 1. The fourth-order valence-electron chi connectivity index (χ4n) is 6.06. The number of aliphatic hydroxyl groups is 1. The first-order chi connectivity index (χ1) is 24.7. The lowest BCUT2D eigenvalue weighted by molar-refractivity contribution is -0.268. The molecule has 51 heavy (non-hydrogen) atoms. The summed E-state index contributed by atoms with van der Waals surface area (Å²) in [5.41, 5.74) is 4.18. The number of carbonyl (C=O) groups is 4. The van der Waals surface area contributed by atoms with Gasteiger partial charge in [0.25, 0.3) is 5.91 Å². The largest absolute Gasteiger partial charge is 0.445 e. The van der Waals surface area contributed by atoms with Crippen LogP contribution in [0.15, 0.2) is 108 Å². The van der Waals surface area contributed by atoms with Crippen LogP contribution in [0.1, 0.15) is 54.9 Å². The van der Waals surface area contributed by atoms with E-state index in [4.69, 9.17) is 14.2 Å². The number of amides is 4. The number of aliphatic hydroxyl groups excluding tert-OH is 1. The van der Waals surface area contributed by atoms with Gasteiger partial charge in [0.05, 0.1) is 30.9 Å². The van der Waals surface area contributed by atoms with Gasteiger partial charge >= 0.3 is 6.09 Å². The monoisotopic (exact) mass is 709 g/mol. The molecular formula is C39H39N3O8S. The van der Waals surface area contributed by atoms with Crippen LogP contribution in [-0.4, -0.2) is 46.8 Å². The van der Waals surface area contributed by atoms with E-state index in [1.54, 1.807) is 30.0 Å². The molecule has 0 aromatic heterocycles. The lowest BCUT2D eigenvalue weighted by Gasteiger charge is -2.41. The smallest absolute Gasteiger partial charge is 0.408 e. The molecule has 0 saturated carbocycles. The summed E-state index contributed by atoms with van der Waals surface area (Å²) in [7, 11) is 0. The topological polar surface area (TPSA) is 144 Å². The van der Waals surface area contributed by atoms with Crippen molar-refractivity contribution in [1.82, 2.24) is 5.32 Å². The van der Waals surface area contributed by atoms with Gasteiger partial charge in [0.2, 0.25) is 11.8 Å². The molecule has 6 rings (SSSR count). The summed E-state index contributed by atoms with van der Waals surface area (Å²) < 4.78 is 18.4. The lowest BCUT2D eigenvalue weighted by atomic mass is 9.91. The Kier molecular flexibility index (Phi) is 11.5. The molecule has 5 atom stereocenters. The van der Waals surface area contributed by atoms with E-state index in [0.717, 1.165) is 26.5 Å². The predicted molar refractivity (Wildman–Crippen MR) is 192 cm³/mol. The van der Waals surface area contributed by atoms with Gasteiger partial charge in [-0.15, -0.1) is 11.8 Å². The predicted octanol–water partition coefficient (Wildman–Crippen LogP) is 6.28. The number of benzene rings is 4. The molecule has 0 aliphatic carbocycles. The molecule has 0 radical (unpaired) electrons. The van der Waals surface area contributed by atoms with Gasteiger partial charge in [0.1, 0.15) is 12.6 Å². The maximum absolute atomic E-state index is 13.4. The molecule has 4 aromatic rings. The highest BCUT2D eigenvalue weighted by molar-refractivity contribution is 7.99. The zero-order valence-electron chi connectivity index (χ0n) is 28.2. The van der Waals surface area contributed by atoms with Crippen molar-refractivity contribution in [3.63, 3.8) is 0 Å². The summed E-state index contributed by atoms with van der Waals surface area (Å²) in [6.07, 6.45) is -2.44. The normalized spacial score (nSPS) is 21.7. The molecule has 11 nitrogen and oxygen atoms in total. The van der Waals surface area contributed by atoms with Crippen molar-refractivity contribution in [3.05, 3.63) is 125 Å². The maximum atomic E-state index is 13.4. The van der Waals surface area contributed by atoms with Crippen LogP contribution in [0.2, 0.25) is 0 Å². The first-order valence-electron chi connectivity index (χ1n) is 16.6. The number of carbonyl (C=O) groups excluding carboxylic acids is 4. The van der Waals surface area contributed by atoms with Crippen LogP contribution in [0.3, 0.4) is 0 Å². The highest BCUT2D eigenvalue weighted by Crippen LogP contribution is 2.43. The van der Waals surface area contributed by atoms with Crippen molar-refractivity contribution in [2.45, 2.75) is 62.9 Å². The van der Waals surface area contributed by atoms with Crippen LogP contribution < -0.4 is 15.5 Å². The highest BCUT2D eigenvalue weighted by Gasteiger charge is 2.42. The van der Waals surface area contributed by atoms with E-state index >= 15 is 0 Å². The molecule has 12 heteroatoms. The van der Waals surface area contributed by atoms with E-state index in [9.17, 15) is 24.3 Å². The summed E-state index contributed by atoms with van der Waals surface area (Å²) in [4.78, 5) is 52.5. The molecule has 1 unspecified atom stereocenters. The van der Waals surface area contributed by atoms with Crippen LogP contribution in [-0.2, 0) is 41.8 Å². The Morgan fingerprint density at radius 1 is 0.902 bits per heavy atom. The third-order valence-corrected chi connectivity index (χ3v) is 9.87. The molecule has 3 N–H and O–H groups in total. The van der Waals surface area contributed by atoms with Crippen LogP contribution in [0.4, 0.5) is 16.2 Å². The molecule has 4 aromatic carbocycles. The average molecular weight is 710 g/mol. The van der Waals surface area contributed by atoms with E-state index in [0.29, 0.717) is 22.7 Å². The molecule has 2 fully saturated rings. The number of imide groups is 1. The number of hydrogen-bond acceptors (Lipinski definition) is 9. The first-order valence-corrected chi connectivity index (χ1v) is 17.6. The van der Waals surface area contributed by atoms with Crippen molar-refractivity contribution < 1.29 is 38.5 Å². The van der Waals surface area contributed by atoms with E-state index in [-0.39, 0.29) is 43.7 Å². The third kappa shape index (κ3) is 8.84. The fraction of sp³-hybridized carbons (Fsp3) is 0.282. The fourth-order valence-corrected chi connectivity index (χ4v) is 7.13. The van der Waals surface area contributed by atoms with Gasteiger partial charge in [0, 0.05) is 34.7 Å². The summed E-state index contributed by atoms with van der Waals surface area (Å²) >= 11 is 1.62. The number of ether oxygens (including phenoxy) is 3. The Bertz CT molecular complexity index is 1850. The SMILES string of the molecule is CC(=O)Nc1ccc(SC[C@H]2O[C@@H](c3cccc(N4C(=O)CC(NC(=O)OCc5ccccc5)C4=O)c3)O[C@@H](c3ccc(CO)cc3)[C@H]2C)cc1. The molecular weight excluding hydrogens is 671 g/mol. The summed E-state index contributed by atoms with van der Waals surface area (Å²) in [6, 6.07) is 30.2. The maximum Gasteiger partial charge on any atom is 0.408 e. The minimum Gasteiger partial charge on any atom is -0.445 e. The van der Waals surface area contributed by atoms with Gasteiger partial charge in [-0.25, -0.2) is 9.69 Å². The van der Waals surface area contributed by atoms with Crippen molar-refractivity contribution in [3.8, 4) is 0 Å². The minimum atomic E-state index is -1.06. The Morgan fingerprint density at radius 2 is 1.65 bits per heavy atom. The molecule has 2 aliphatic rings. The minimum absolute atomic E-state index is 0.0320. The molecule has 2 aliphatic heterocycles. The lowest BCUT2D eigenvalue weighted by Crippen LogP contribution is -2.42. The third-order valence-electron chi connectivity index (χ3n) is 8.76. The molecule has 264 valence electrons. The second-order valence-electron chi connectivity index (χ2n) is 12.5. The second-order valence-corrected chi connectivity index (χ2v) is 13.6. The van der Waals surface area contributed by atoms with Crippen LogP contribution in [0.5, 0.6) is 0 Å². The van der Waals surface area contributed by atoms with E-state index in [2.05, 4.69) is 17.6 Å². The van der Waals surface area contributed by atoms with Gasteiger partial charge in [-0.1, -0.05) is 73.7 Å². The molecule has 2 heterocycles. The zero-order valence-corrected chi connectivity index (χ0v) is 29.0. The second kappa shape index (κ2) is 16.3. The Balaban J connectivity index is 1.18. The number of thioether (sulfide) groups is 1. The summed E-state index contributed by atoms with van der Waals surface area (Å²) in [5.74, 6) is -0.616. The number of nitrogens with zero attached hydrogens (tertiary/aromatic N) is 1. The molecule has 0 bridgehead atoms. The van der Waals surface area contributed by atoms with Crippen molar-refractivity contribution in [1.29, 1.82) is 0 Å². The Hall–Kier alpha value is -5.01. The Labute approximate surface area is 300 Å². The van der Waals surface area contributed by atoms with Crippen LogP contribution in [0.25, 0.3) is 0 Å². The molecule has 4 amide bonds. The van der Waals surface area contributed by atoms with Crippen molar-refractivity contribution in [2.24, 2.45) is 5.92 Å². The molecule has 0 spiro atoms. The van der Waals surface area contributed by atoms with Gasteiger partial charge < -0.3 is 30.0 Å². The Morgan fingerprint density at radius 3 is 2.35 bits per heavy atom. The quantitative estimate of drug-likeness (QED) is 0.121. The van der Waals surface area contributed by atoms with Gasteiger partial charge in [-0.05, 0) is 53.1 Å². The highest BCUT2D eigenvalue weighted by atomic mass is 32.2. The van der Waals surface area contributed by atoms with Crippen molar-refractivity contribution >= 4 is 47.0 Å². The zero-order chi connectivity index (χ0) is 35.9. The van der Waals surface area contributed by atoms with Crippen LogP contribution >= 0.6 is 11.8 Å².